The summed E-state index contributed by atoms with van der Waals surface area (Å²) in [6.45, 7) is 0.345. The molecule has 0 spiro atoms. The van der Waals surface area contributed by atoms with Crippen molar-refractivity contribution >= 4 is 11.7 Å². The van der Waals surface area contributed by atoms with E-state index in [1.807, 2.05) is 31.1 Å². The van der Waals surface area contributed by atoms with Crippen molar-refractivity contribution in [2.75, 3.05) is 40.3 Å². The van der Waals surface area contributed by atoms with Crippen molar-refractivity contribution in [3.8, 4) is 17.2 Å². The number of carbonyl (C=O) groups excluding carboxylic acids is 1. The summed E-state index contributed by atoms with van der Waals surface area (Å²) in [5.74, 6) is 1.91. The van der Waals surface area contributed by atoms with Crippen LogP contribution in [0.15, 0.2) is 30.5 Å². The van der Waals surface area contributed by atoms with Gasteiger partial charge in [-0.05, 0) is 6.07 Å². The number of nitrogens with one attached hydrogen (secondary N) is 1. The molecule has 0 fully saturated rings. The molecular weight excluding hydrogens is 322 g/mol. The average molecular weight is 345 g/mol. The molecular formula is C18H23N3O4. The number of aromatic nitrogens is 1. The smallest absolute Gasteiger partial charge is 0.255 e. The highest BCUT2D eigenvalue weighted by atomic mass is 16.5. The lowest BCUT2D eigenvalue weighted by Crippen LogP contribution is -2.25. The first kappa shape index (κ1) is 18.4. The number of hydrogen-bond donors (Lipinski definition) is 1. The number of carbonyl (C=O) groups is 1. The summed E-state index contributed by atoms with van der Waals surface area (Å²) < 4.78 is 15.8. The summed E-state index contributed by atoms with van der Waals surface area (Å²) in [6.07, 6.45) is 1.72. The van der Waals surface area contributed by atoms with E-state index in [2.05, 4.69) is 10.3 Å². The number of anilines is 1. The van der Waals surface area contributed by atoms with Gasteiger partial charge in [-0.15, -0.1) is 0 Å². The van der Waals surface area contributed by atoms with Gasteiger partial charge in [0.25, 0.3) is 5.91 Å². The Morgan fingerprint density at radius 1 is 1.08 bits per heavy atom. The molecule has 0 atom stereocenters. The first-order chi connectivity index (χ1) is 12.0. The Balaban J connectivity index is 2.24. The lowest BCUT2D eigenvalue weighted by Gasteiger charge is -2.17. The second-order valence-electron chi connectivity index (χ2n) is 5.47. The van der Waals surface area contributed by atoms with Crippen LogP contribution < -0.4 is 24.4 Å². The Morgan fingerprint density at radius 2 is 1.72 bits per heavy atom. The van der Waals surface area contributed by atoms with Gasteiger partial charge < -0.3 is 24.4 Å². The molecule has 0 saturated carbocycles. The van der Waals surface area contributed by atoms with E-state index < -0.39 is 0 Å². The van der Waals surface area contributed by atoms with Gasteiger partial charge in [0.2, 0.25) is 0 Å². The minimum Gasteiger partial charge on any atom is -0.496 e. The lowest BCUT2D eigenvalue weighted by molar-refractivity contribution is 0.0947. The number of pyridine rings is 1. The minimum atomic E-state index is -0.272. The second-order valence-corrected chi connectivity index (χ2v) is 5.47. The zero-order valence-corrected chi connectivity index (χ0v) is 15.1. The monoisotopic (exact) mass is 345 g/mol. The van der Waals surface area contributed by atoms with Crippen molar-refractivity contribution < 1.29 is 19.0 Å². The van der Waals surface area contributed by atoms with Crippen LogP contribution in [-0.2, 0) is 6.54 Å². The summed E-state index contributed by atoms with van der Waals surface area (Å²) in [6, 6.07) is 6.99. The molecule has 7 nitrogen and oxygen atoms in total. The third-order valence-electron chi connectivity index (χ3n) is 3.68. The first-order valence-corrected chi connectivity index (χ1v) is 7.71. The Kier molecular flexibility index (Phi) is 6.05. The van der Waals surface area contributed by atoms with Crippen LogP contribution in [0.4, 0.5) is 5.82 Å². The Hall–Kier alpha value is -2.96. The van der Waals surface area contributed by atoms with E-state index in [1.54, 1.807) is 18.3 Å². The van der Waals surface area contributed by atoms with Crippen LogP contribution in [0.3, 0.4) is 0 Å². The van der Waals surface area contributed by atoms with Gasteiger partial charge in [0, 0.05) is 44.5 Å². The van der Waals surface area contributed by atoms with Crippen LogP contribution in [0.2, 0.25) is 0 Å². The summed E-state index contributed by atoms with van der Waals surface area (Å²) in [5.41, 5.74) is 1.29. The van der Waals surface area contributed by atoms with E-state index in [0.29, 0.717) is 29.4 Å². The number of methoxy groups -OCH3 is 3. The summed E-state index contributed by atoms with van der Waals surface area (Å²) in [4.78, 5) is 18.9. The van der Waals surface area contributed by atoms with Gasteiger partial charge in [-0.2, -0.15) is 0 Å². The molecule has 2 rings (SSSR count). The molecule has 1 N–H and O–H groups in total. The van der Waals surface area contributed by atoms with Gasteiger partial charge in [0.15, 0.2) is 11.5 Å². The number of benzene rings is 1. The number of hydrogen-bond acceptors (Lipinski definition) is 6. The maximum Gasteiger partial charge on any atom is 0.255 e. The van der Waals surface area contributed by atoms with Crippen molar-refractivity contribution in [1.82, 2.24) is 10.3 Å². The molecule has 1 heterocycles. The summed E-state index contributed by atoms with van der Waals surface area (Å²) in [5, 5.41) is 2.89. The average Bonchev–Trinajstić information content (AvgIpc) is 2.64. The molecule has 0 aliphatic carbocycles. The van der Waals surface area contributed by atoms with Crippen LogP contribution >= 0.6 is 0 Å². The van der Waals surface area contributed by atoms with Crippen LogP contribution in [0.1, 0.15) is 15.9 Å². The largest absolute Gasteiger partial charge is 0.496 e. The van der Waals surface area contributed by atoms with Gasteiger partial charge >= 0.3 is 0 Å². The molecule has 0 aliphatic rings. The predicted molar refractivity (Wildman–Crippen MR) is 95.8 cm³/mol. The van der Waals surface area contributed by atoms with Crippen molar-refractivity contribution in [2.24, 2.45) is 0 Å². The molecule has 0 unspecified atom stereocenters. The van der Waals surface area contributed by atoms with Crippen LogP contribution in [0, 0.1) is 0 Å². The van der Waals surface area contributed by atoms with Crippen molar-refractivity contribution in [1.29, 1.82) is 0 Å². The zero-order chi connectivity index (χ0) is 18.4. The van der Waals surface area contributed by atoms with Gasteiger partial charge in [-0.3, -0.25) is 4.79 Å². The van der Waals surface area contributed by atoms with E-state index in [-0.39, 0.29) is 5.91 Å². The molecule has 0 radical (unpaired) electrons. The molecule has 25 heavy (non-hydrogen) atoms. The minimum absolute atomic E-state index is 0.272. The molecule has 1 aromatic carbocycles. The van der Waals surface area contributed by atoms with E-state index in [9.17, 15) is 4.79 Å². The number of amides is 1. The molecule has 0 saturated heterocycles. The zero-order valence-electron chi connectivity index (χ0n) is 15.1. The standard InChI is InChI=1S/C18H23N3O4/c1-21(2)17-12(7-6-8-19-17)11-20-18(22)13-9-15(24-4)16(25-5)10-14(13)23-3/h6-10H,11H2,1-5H3,(H,20,22). The highest BCUT2D eigenvalue weighted by molar-refractivity contribution is 5.97. The lowest BCUT2D eigenvalue weighted by atomic mass is 10.1. The Labute approximate surface area is 147 Å². The van der Waals surface area contributed by atoms with Crippen LogP contribution in [0.5, 0.6) is 17.2 Å². The van der Waals surface area contributed by atoms with Gasteiger partial charge in [-0.1, -0.05) is 6.07 Å². The quantitative estimate of drug-likeness (QED) is 0.828. The highest BCUT2D eigenvalue weighted by Crippen LogP contribution is 2.34. The van der Waals surface area contributed by atoms with Crippen molar-refractivity contribution in [2.45, 2.75) is 6.54 Å². The third kappa shape index (κ3) is 4.12. The van der Waals surface area contributed by atoms with Crippen molar-refractivity contribution in [3.63, 3.8) is 0 Å². The fraction of sp³-hybridized carbons (Fsp3) is 0.333. The number of rotatable bonds is 7. The molecule has 134 valence electrons. The van der Waals surface area contributed by atoms with Gasteiger partial charge in [0.05, 0.1) is 26.9 Å². The van der Waals surface area contributed by atoms with Gasteiger partial charge in [0.1, 0.15) is 11.6 Å². The van der Waals surface area contributed by atoms with E-state index in [0.717, 1.165) is 11.4 Å². The maximum atomic E-state index is 12.6. The molecule has 2 aromatic rings. The SMILES string of the molecule is COc1cc(OC)c(C(=O)NCc2cccnc2N(C)C)cc1OC. The summed E-state index contributed by atoms with van der Waals surface area (Å²) >= 11 is 0. The molecule has 0 aliphatic heterocycles. The maximum absolute atomic E-state index is 12.6. The Bertz CT molecular complexity index is 747. The molecule has 1 aromatic heterocycles. The van der Waals surface area contributed by atoms with E-state index >= 15 is 0 Å². The number of ether oxygens (including phenoxy) is 3. The van der Waals surface area contributed by atoms with E-state index in [4.69, 9.17) is 14.2 Å². The normalized spacial score (nSPS) is 10.1. The first-order valence-electron chi connectivity index (χ1n) is 7.71. The van der Waals surface area contributed by atoms with Crippen LogP contribution in [-0.4, -0.2) is 46.3 Å². The molecule has 0 bridgehead atoms. The number of nitrogens with zero attached hydrogens (tertiary/aromatic N) is 2. The fourth-order valence-electron chi connectivity index (χ4n) is 2.45. The van der Waals surface area contributed by atoms with E-state index in [1.165, 1.54) is 21.3 Å². The Morgan fingerprint density at radius 3 is 2.32 bits per heavy atom. The van der Waals surface area contributed by atoms with Gasteiger partial charge in [-0.25, -0.2) is 4.98 Å². The fourth-order valence-corrected chi connectivity index (χ4v) is 2.45. The summed E-state index contributed by atoms with van der Waals surface area (Å²) in [7, 11) is 8.37. The predicted octanol–water partition coefficient (Wildman–Crippen LogP) is 2.10. The highest BCUT2D eigenvalue weighted by Gasteiger charge is 2.18. The van der Waals surface area contributed by atoms with Crippen LogP contribution in [0.25, 0.3) is 0 Å². The second kappa shape index (κ2) is 8.23. The van der Waals surface area contributed by atoms with Crippen molar-refractivity contribution in [3.05, 3.63) is 41.6 Å². The topological polar surface area (TPSA) is 72.9 Å². The molecule has 7 heteroatoms. The third-order valence-corrected chi connectivity index (χ3v) is 3.68. The molecule has 1 amide bonds.